The molecule has 2 aromatic carbocycles. The zero-order valence-electron chi connectivity index (χ0n) is 14.2. The molecular formula is C18H17N3O4S. The van der Waals surface area contributed by atoms with Crippen LogP contribution in [0.2, 0.25) is 0 Å². The molecule has 3 aromatic rings. The second-order valence-corrected chi connectivity index (χ2v) is 6.31. The third-order valence-corrected chi connectivity index (χ3v) is 4.72. The molecular weight excluding hydrogens is 354 g/mol. The standard InChI is InChI=1S/C18H17N3O4S/c1-23-13-9-8-12(10-14(13)24-2)17-20-21-18(25-17)26-15(16(19)22)11-6-4-3-5-7-11/h3-10,15H,1-2H3,(H2,19,22)/t15-/m0/s1. The van der Waals surface area contributed by atoms with Crippen LogP contribution < -0.4 is 15.2 Å². The first kappa shape index (κ1) is 17.8. The van der Waals surface area contributed by atoms with Crippen LogP contribution in [0.4, 0.5) is 0 Å². The average molecular weight is 371 g/mol. The molecule has 0 aliphatic rings. The molecule has 3 rings (SSSR count). The lowest BCUT2D eigenvalue weighted by Crippen LogP contribution is -2.18. The first-order valence-electron chi connectivity index (χ1n) is 7.69. The van der Waals surface area contributed by atoms with Gasteiger partial charge in [0.25, 0.3) is 5.22 Å². The second kappa shape index (κ2) is 7.92. The molecule has 2 N–H and O–H groups in total. The summed E-state index contributed by atoms with van der Waals surface area (Å²) in [6, 6.07) is 14.5. The molecule has 8 heteroatoms. The third-order valence-electron chi connectivity index (χ3n) is 3.62. The minimum Gasteiger partial charge on any atom is -0.493 e. The summed E-state index contributed by atoms with van der Waals surface area (Å²) in [6.45, 7) is 0. The van der Waals surface area contributed by atoms with Crippen LogP contribution >= 0.6 is 11.8 Å². The molecule has 134 valence electrons. The number of benzene rings is 2. The van der Waals surface area contributed by atoms with Crippen LogP contribution in [0, 0.1) is 0 Å². The van der Waals surface area contributed by atoms with Crippen molar-refractivity contribution in [2.45, 2.75) is 10.5 Å². The number of hydrogen-bond acceptors (Lipinski definition) is 7. The zero-order valence-corrected chi connectivity index (χ0v) is 15.0. The minimum atomic E-state index is -0.616. The van der Waals surface area contributed by atoms with Crippen molar-refractivity contribution in [3.05, 3.63) is 54.1 Å². The molecule has 26 heavy (non-hydrogen) atoms. The Balaban J connectivity index is 1.84. The second-order valence-electron chi connectivity index (χ2n) is 5.25. The predicted octanol–water partition coefficient (Wildman–Crippen LogP) is 3.07. The zero-order chi connectivity index (χ0) is 18.5. The van der Waals surface area contributed by atoms with E-state index in [0.717, 1.165) is 17.3 Å². The summed E-state index contributed by atoms with van der Waals surface area (Å²) in [6.07, 6.45) is 0. The summed E-state index contributed by atoms with van der Waals surface area (Å²) in [7, 11) is 3.11. The quantitative estimate of drug-likeness (QED) is 0.637. The third kappa shape index (κ3) is 3.80. The van der Waals surface area contributed by atoms with Gasteiger partial charge in [0.1, 0.15) is 5.25 Å². The summed E-state index contributed by atoms with van der Waals surface area (Å²) < 4.78 is 16.2. The molecule has 0 radical (unpaired) electrons. The maximum absolute atomic E-state index is 11.8. The number of methoxy groups -OCH3 is 2. The highest BCUT2D eigenvalue weighted by atomic mass is 32.2. The van der Waals surface area contributed by atoms with E-state index in [2.05, 4.69) is 10.2 Å². The van der Waals surface area contributed by atoms with Crippen molar-refractivity contribution < 1.29 is 18.7 Å². The maximum atomic E-state index is 11.8. The minimum absolute atomic E-state index is 0.252. The molecule has 0 saturated heterocycles. The fraction of sp³-hybridized carbons (Fsp3) is 0.167. The van der Waals surface area contributed by atoms with E-state index in [-0.39, 0.29) is 5.22 Å². The van der Waals surface area contributed by atoms with E-state index in [1.54, 1.807) is 32.4 Å². The largest absolute Gasteiger partial charge is 0.493 e. The SMILES string of the molecule is COc1ccc(-c2nnc(S[C@H](C(N)=O)c3ccccc3)o2)cc1OC. The van der Waals surface area contributed by atoms with Gasteiger partial charge in [-0.3, -0.25) is 4.79 Å². The highest BCUT2D eigenvalue weighted by Gasteiger charge is 2.23. The van der Waals surface area contributed by atoms with Gasteiger partial charge >= 0.3 is 0 Å². The highest BCUT2D eigenvalue weighted by molar-refractivity contribution is 8.00. The molecule has 7 nitrogen and oxygen atoms in total. The molecule has 0 saturated carbocycles. The Morgan fingerprint density at radius 2 is 1.81 bits per heavy atom. The molecule has 1 atom stereocenters. The van der Waals surface area contributed by atoms with E-state index < -0.39 is 11.2 Å². The van der Waals surface area contributed by atoms with E-state index in [1.807, 2.05) is 30.3 Å². The lowest BCUT2D eigenvalue weighted by atomic mass is 10.1. The number of nitrogens with zero attached hydrogens (tertiary/aromatic N) is 2. The Kier molecular flexibility index (Phi) is 5.43. The van der Waals surface area contributed by atoms with Gasteiger partial charge in [0.2, 0.25) is 11.8 Å². The fourth-order valence-electron chi connectivity index (χ4n) is 2.36. The van der Waals surface area contributed by atoms with Crippen molar-refractivity contribution in [3.8, 4) is 23.0 Å². The lowest BCUT2D eigenvalue weighted by Gasteiger charge is -2.10. The van der Waals surface area contributed by atoms with Crippen molar-refractivity contribution in [3.63, 3.8) is 0 Å². The number of ether oxygens (including phenoxy) is 2. The summed E-state index contributed by atoms with van der Waals surface area (Å²) in [5.74, 6) is 0.983. The monoisotopic (exact) mass is 371 g/mol. The number of carbonyl (C=O) groups is 1. The van der Waals surface area contributed by atoms with Gasteiger partial charge < -0.3 is 19.6 Å². The Labute approximate surface area is 154 Å². The maximum Gasteiger partial charge on any atom is 0.277 e. The van der Waals surface area contributed by atoms with Gasteiger partial charge in [0.15, 0.2) is 11.5 Å². The van der Waals surface area contributed by atoms with E-state index in [1.165, 1.54) is 0 Å². The molecule has 1 heterocycles. The van der Waals surface area contributed by atoms with Crippen molar-refractivity contribution in [2.75, 3.05) is 14.2 Å². The average Bonchev–Trinajstić information content (AvgIpc) is 3.14. The Morgan fingerprint density at radius 1 is 1.08 bits per heavy atom. The summed E-state index contributed by atoms with van der Waals surface area (Å²) in [4.78, 5) is 11.8. The van der Waals surface area contributed by atoms with Crippen LogP contribution in [0.3, 0.4) is 0 Å². The van der Waals surface area contributed by atoms with Crippen LogP contribution in [-0.2, 0) is 4.79 Å². The number of hydrogen-bond donors (Lipinski definition) is 1. The van der Waals surface area contributed by atoms with Crippen molar-refractivity contribution in [1.29, 1.82) is 0 Å². The van der Waals surface area contributed by atoms with Crippen LogP contribution in [0.25, 0.3) is 11.5 Å². The molecule has 0 bridgehead atoms. The Hall–Kier alpha value is -3.00. The molecule has 0 spiro atoms. The van der Waals surface area contributed by atoms with Crippen LogP contribution in [-0.4, -0.2) is 30.3 Å². The van der Waals surface area contributed by atoms with Gasteiger partial charge in [0, 0.05) is 5.56 Å². The number of carbonyl (C=O) groups excluding carboxylic acids is 1. The topological polar surface area (TPSA) is 100 Å². The van der Waals surface area contributed by atoms with Gasteiger partial charge in [-0.1, -0.05) is 30.3 Å². The Bertz CT molecular complexity index is 898. The van der Waals surface area contributed by atoms with Crippen LogP contribution in [0.5, 0.6) is 11.5 Å². The molecule has 0 aliphatic heterocycles. The first-order chi connectivity index (χ1) is 12.6. The van der Waals surface area contributed by atoms with Crippen molar-refractivity contribution in [1.82, 2.24) is 10.2 Å². The highest BCUT2D eigenvalue weighted by Crippen LogP contribution is 2.37. The number of aromatic nitrogens is 2. The van der Waals surface area contributed by atoms with Gasteiger partial charge in [-0.2, -0.15) is 0 Å². The number of rotatable bonds is 7. The molecule has 0 fully saturated rings. The number of thioether (sulfide) groups is 1. The molecule has 1 amide bonds. The summed E-state index contributed by atoms with van der Waals surface area (Å²) >= 11 is 1.11. The predicted molar refractivity (Wildman–Crippen MR) is 97.1 cm³/mol. The lowest BCUT2D eigenvalue weighted by molar-refractivity contribution is -0.117. The van der Waals surface area contributed by atoms with E-state index in [0.29, 0.717) is 23.0 Å². The smallest absolute Gasteiger partial charge is 0.277 e. The fourth-order valence-corrected chi connectivity index (χ4v) is 3.19. The summed E-state index contributed by atoms with van der Waals surface area (Å²) in [5, 5.41) is 7.68. The Morgan fingerprint density at radius 3 is 2.46 bits per heavy atom. The summed E-state index contributed by atoms with van der Waals surface area (Å²) in [5.41, 5.74) is 6.98. The first-order valence-corrected chi connectivity index (χ1v) is 8.57. The van der Waals surface area contributed by atoms with E-state index >= 15 is 0 Å². The van der Waals surface area contributed by atoms with Gasteiger partial charge in [0.05, 0.1) is 14.2 Å². The normalized spacial score (nSPS) is 11.8. The molecule has 1 aromatic heterocycles. The number of nitrogens with two attached hydrogens (primary N) is 1. The number of amides is 1. The van der Waals surface area contributed by atoms with E-state index in [9.17, 15) is 4.79 Å². The number of primary amides is 1. The molecule has 0 unspecified atom stereocenters. The molecule has 0 aliphatic carbocycles. The van der Waals surface area contributed by atoms with Crippen LogP contribution in [0.1, 0.15) is 10.8 Å². The van der Waals surface area contributed by atoms with Crippen LogP contribution in [0.15, 0.2) is 58.2 Å². The van der Waals surface area contributed by atoms with Gasteiger partial charge in [-0.15, -0.1) is 10.2 Å². The van der Waals surface area contributed by atoms with Crippen molar-refractivity contribution in [2.24, 2.45) is 5.73 Å². The van der Waals surface area contributed by atoms with E-state index in [4.69, 9.17) is 19.6 Å². The van der Waals surface area contributed by atoms with Crippen molar-refractivity contribution >= 4 is 17.7 Å². The van der Waals surface area contributed by atoms with Gasteiger partial charge in [-0.05, 0) is 35.5 Å². The van der Waals surface area contributed by atoms with Gasteiger partial charge in [-0.25, -0.2) is 0 Å².